The van der Waals surface area contributed by atoms with Crippen LogP contribution in [0.2, 0.25) is 0 Å². The Morgan fingerprint density at radius 1 is 0.389 bits per heavy atom. The maximum Gasteiger partial charge on any atom is 0.219 e. The summed E-state index contributed by atoms with van der Waals surface area (Å²) in [4.78, 5) is 14.4. The van der Waals surface area contributed by atoms with Crippen molar-refractivity contribution in [2.75, 3.05) is 6.54 Å². The number of hydrogen-bond acceptors (Lipinski definition) is 1. The summed E-state index contributed by atoms with van der Waals surface area (Å²) in [7, 11) is 0. The Morgan fingerprint density at radius 3 is 1.06 bits per heavy atom. The summed E-state index contributed by atoms with van der Waals surface area (Å²) < 4.78 is 1.81. The predicted molar refractivity (Wildman–Crippen MR) is 154 cm³/mol. The van der Waals surface area contributed by atoms with Crippen LogP contribution in [0.1, 0.15) is 180 Å². The van der Waals surface area contributed by atoms with Gasteiger partial charge in [-0.15, -0.1) is 0 Å². The van der Waals surface area contributed by atoms with Gasteiger partial charge in [0.05, 0.1) is 0 Å². The van der Waals surface area contributed by atoms with Crippen LogP contribution in [0.5, 0.6) is 0 Å². The first-order valence-electron chi connectivity index (χ1n) is 17.3. The lowest BCUT2D eigenvalue weighted by Gasteiger charge is -2.44. The van der Waals surface area contributed by atoms with Gasteiger partial charge >= 0.3 is 0 Å². The van der Waals surface area contributed by atoms with Gasteiger partial charge in [0.15, 0.2) is 6.54 Å². The lowest BCUT2D eigenvalue weighted by atomic mass is 9.57. The Bertz CT molecular complexity index is 558. The minimum Gasteiger partial charge on any atom is -0.0533 e. The molecule has 1 atom stereocenters. The first-order chi connectivity index (χ1) is 17.8. The second-order valence-electron chi connectivity index (χ2n) is 13.7. The van der Waals surface area contributed by atoms with Gasteiger partial charge in [0, 0.05) is 33.8 Å². The SMILES string of the molecule is O=[N+]1CCC(C2CCCCCCCCC2)C1(C1CCCCCCCCC1)C1CCCCCCCCC1. The summed E-state index contributed by atoms with van der Waals surface area (Å²) in [6.45, 7) is 0.841. The highest BCUT2D eigenvalue weighted by Crippen LogP contribution is 2.54. The van der Waals surface area contributed by atoms with Crippen LogP contribution in [0.15, 0.2) is 0 Å². The van der Waals surface area contributed by atoms with Crippen molar-refractivity contribution in [3.05, 3.63) is 4.91 Å². The minimum atomic E-state index is -0.0345. The average molecular weight is 501 g/mol. The van der Waals surface area contributed by atoms with Gasteiger partial charge in [0.25, 0.3) is 0 Å². The molecular weight excluding hydrogens is 438 g/mol. The highest BCUT2D eigenvalue weighted by atomic mass is 16.3. The smallest absolute Gasteiger partial charge is 0.0533 e. The van der Waals surface area contributed by atoms with Crippen LogP contribution in [0.4, 0.5) is 0 Å². The monoisotopic (exact) mass is 500 g/mol. The molecule has 0 amide bonds. The first-order valence-corrected chi connectivity index (χ1v) is 17.3. The molecule has 1 heterocycles. The second-order valence-corrected chi connectivity index (χ2v) is 13.7. The Hall–Kier alpha value is -0.400. The molecule has 0 spiro atoms. The van der Waals surface area contributed by atoms with Crippen molar-refractivity contribution in [1.29, 1.82) is 0 Å². The zero-order valence-electron chi connectivity index (χ0n) is 24.2. The first kappa shape index (κ1) is 28.6. The van der Waals surface area contributed by atoms with Gasteiger partial charge in [-0.3, -0.25) is 0 Å². The molecule has 4 aliphatic rings. The molecule has 3 aliphatic carbocycles. The Balaban J connectivity index is 1.66. The van der Waals surface area contributed by atoms with E-state index < -0.39 is 0 Å². The minimum absolute atomic E-state index is 0.0345. The van der Waals surface area contributed by atoms with E-state index in [0.29, 0.717) is 17.8 Å². The summed E-state index contributed by atoms with van der Waals surface area (Å²) in [5.74, 6) is 2.80. The van der Waals surface area contributed by atoms with Crippen molar-refractivity contribution in [3.8, 4) is 0 Å². The molecule has 1 saturated heterocycles. The molecule has 4 rings (SSSR count). The molecule has 2 heteroatoms. The highest BCUT2D eigenvalue weighted by Gasteiger charge is 2.66. The van der Waals surface area contributed by atoms with Gasteiger partial charge in [0.1, 0.15) is 0 Å². The molecule has 3 saturated carbocycles. The zero-order valence-corrected chi connectivity index (χ0v) is 24.2. The molecule has 1 unspecified atom stereocenters. The topological polar surface area (TPSA) is 20.1 Å². The van der Waals surface area contributed by atoms with Gasteiger partial charge in [-0.1, -0.05) is 135 Å². The summed E-state index contributed by atoms with van der Waals surface area (Å²) >= 11 is 0. The normalized spacial score (nSPS) is 30.6. The van der Waals surface area contributed by atoms with Crippen molar-refractivity contribution in [2.24, 2.45) is 23.7 Å². The van der Waals surface area contributed by atoms with Crippen LogP contribution in [0.3, 0.4) is 0 Å². The molecule has 208 valence electrons. The van der Waals surface area contributed by atoms with Crippen molar-refractivity contribution in [1.82, 2.24) is 0 Å². The van der Waals surface area contributed by atoms with E-state index in [4.69, 9.17) is 0 Å². The third-order valence-electron chi connectivity index (χ3n) is 11.4. The number of hydrogen-bond donors (Lipinski definition) is 0. The van der Waals surface area contributed by atoms with Crippen molar-refractivity contribution in [2.45, 2.75) is 185 Å². The van der Waals surface area contributed by atoms with E-state index in [0.717, 1.165) is 12.5 Å². The molecule has 2 nitrogen and oxygen atoms in total. The highest BCUT2D eigenvalue weighted by molar-refractivity contribution is 5.03. The van der Waals surface area contributed by atoms with Crippen LogP contribution >= 0.6 is 0 Å². The van der Waals surface area contributed by atoms with Gasteiger partial charge in [0.2, 0.25) is 5.54 Å². The van der Waals surface area contributed by atoms with Crippen LogP contribution in [-0.4, -0.2) is 16.8 Å². The van der Waals surface area contributed by atoms with Crippen LogP contribution < -0.4 is 0 Å². The summed E-state index contributed by atoms with van der Waals surface area (Å²) in [6, 6.07) is 0. The van der Waals surface area contributed by atoms with E-state index in [1.807, 2.05) is 4.76 Å². The van der Waals surface area contributed by atoms with E-state index >= 15 is 0 Å². The van der Waals surface area contributed by atoms with E-state index in [-0.39, 0.29) is 5.54 Å². The maximum absolute atomic E-state index is 14.4. The summed E-state index contributed by atoms with van der Waals surface area (Å²) in [6.07, 6.45) is 39.2. The van der Waals surface area contributed by atoms with E-state index in [1.54, 1.807) is 0 Å². The van der Waals surface area contributed by atoms with Gasteiger partial charge < -0.3 is 0 Å². The Kier molecular flexibility index (Phi) is 12.6. The van der Waals surface area contributed by atoms with Crippen LogP contribution in [0.25, 0.3) is 0 Å². The van der Waals surface area contributed by atoms with Crippen LogP contribution in [-0.2, 0) is 0 Å². The number of rotatable bonds is 3. The van der Waals surface area contributed by atoms with Gasteiger partial charge in [-0.2, -0.15) is 0 Å². The molecule has 0 bridgehead atoms. The number of nitroso groups, excluding NO2 is 1. The van der Waals surface area contributed by atoms with Crippen molar-refractivity contribution < 1.29 is 4.76 Å². The van der Waals surface area contributed by atoms with Gasteiger partial charge in [-0.25, -0.2) is 0 Å². The molecule has 36 heavy (non-hydrogen) atoms. The predicted octanol–water partition coefficient (Wildman–Crippen LogP) is 10.9. The quantitative estimate of drug-likeness (QED) is 0.353. The van der Waals surface area contributed by atoms with E-state index in [2.05, 4.69) is 0 Å². The maximum atomic E-state index is 14.4. The molecule has 0 aromatic heterocycles. The third kappa shape index (κ3) is 7.59. The fraction of sp³-hybridized carbons (Fsp3) is 1.00. The van der Waals surface area contributed by atoms with E-state index in [1.165, 1.54) is 180 Å². The summed E-state index contributed by atoms with van der Waals surface area (Å²) in [5, 5.41) is 0. The van der Waals surface area contributed by atoms with E-state index in [9.17, 15) is 4.91 Å². The average Bonchev–Trinajstić information content (AvgIpc) is 3.25. The summed E-state index contributed by atoms with van der Waals surface area (Å²) in [5.41, 5.74) is -0.0345. The van der Waals surface area contributed by atoms with Gasteiger partial charge in [-0.05, 0) is 44.4 Å². The fourth-order valence-corrected chi connectivity index (χ4v) is 9.61. The third-order valence-corrected chi connectivity index (χ3v) is 11.4. The second kappa shape index (κ2) is 15.9. The number of nitrogens with zero attached hydrogens (tertiary/aromatic N) is 1. The Labute approximate surface area is 225 Å². The molecule has 1 aliphatic heterocycles. The molecule has 4 fully saturated rings. The molecule has 0 aromatic rings. The zero-order chi connectivity index (χ0) is 24.9. The van der Waals surface area contributed by atoms with Crippen molar-refractivity contribution in [3.63, 3.8) is 0 Å². The van der Waals surface area contributed by atoms with Crippen LogP contribution in [0, 0.1) is 28.6 Å². The lowest BCUT2D eigenvalue weighted by molar-refractivity contribution is -0.633. The van der Waals surface area contributed by atoms with Crippen molar-refractivity contribution >= 4 is 0 Å². The Morgan fingerprint density at radius 2 is 0.694 bits per heavy atom. The molecular formula is C34H62NO+. The molecule has 0 aromatic carbocycles. The fourth-order valence-electron chi connectivity index (χ4n) is 9.61. The largest absolute Gasteiger partial charge is 0.219 e. The molecule has 0 N–H and O–H groups in total. The standard InChI is InChI=1S/C34H62NO/c36-35-29-28-33(30-22-16-10-4-1-5-11-17-23-30)34(35,31-24-18-12-6-2-7-13-19-25-31)32-26-20-14-8-3-9-15-21-27-32/h30-33H,1-29H2/q+1. The molecule has 0 radical (unpaired) electrons. The lowest BCUT2D eigenvalue weighted by Crippen LogP contribution is -2.56.